The largest absolute Gasteiger partial charge is 0.302 e. The molecule has 0 saturated heterocycles. The summed E-state index contributed by atoms with van der Waals surface area (Å²) in [5.74, 6) is -0.482. The highest BCUT2D eigenvalue weighted by Gasteiger charge is 2.42. The van der Waals surface area contributed by atoms with Gasteiger partial charge in [-0.05, 0) is 19.5 Å². The molecule has 1 rings (SSSR count). The molecular formula is C12H17N3. The molecule has 1 aliphatic rings. The first kappa shape index (κ1) is 11.8. The molecule has 0 aromatic carbocycles. The standard InChI is InChI=1S/C12H17N3/c1-12(2)6-5-11(15(3)4)9(7-13)10(12)8-14/h5-6,9-11H,1-4H3/t9-,10-,11-/m1/s1. The molecule has 3 nitrogen and oxygen atoms in total. The van der Waals surface area contributed by atoms with Gasteiger partial charge in [0.2, 0.25) is 0 Å². The van der Waals surface area contributed by atoms with Crippen molar-refractivity contribution in [2.45, 2.75) is 19.9 Å². The van der Waals surface area contributed by atoms with E-state index in [1.54, 1.807) is 0 Å². The molecule has 0 N–H and O–H groups in total. The first-order chi connectivity index (χ1) is 6.94. The summed E-state index contributed by atoms with van der Waals surface area (Å²) in [6, 6.07) is 4.60. The van der Waals surface area contributed by atoms with Crippen LogP contribution in [0.5, 0.6) is 0 Å². The van der Waals surface area contributed by atoms with Crippen LogP contribution >= 0.6 is 0 Å². The lowest BCUT2D eigenvalue weighted by atomic mass is 9.66. The molecule has 0 saturated carbocycles. The van der Waals surface area contributed by atoms with Crippen LogP contribution in [-0.4, -0.2) is 25.0 Å². The summed E-state index contributed by atoms with van der Waals surface area (Å²) in [6.45, 7) is 4.02. The van der Waals surface area contributed by atoms with Gasteiger partial charge in [-0.2, -0.15) is 10.5 Å². The van der Waals surface area contributed by atoms with Crippen LogP contribution in [0.15, 0.2) is 12.2 Å². The Morgan fingerprint density at radius 1 is 1.20 bits per heavy atom. The van der Waals surface area contributed by atoms with Gasteiger partial charge in [0.1, 0.15) is 0 Å². The Bertz CT molecular complexity index is 341. The minimum Gasteiger partial charge on any atom is -0.302 e. The fraction of sp³-hybridized carbons (Fsp3) is 0.667. The maximum absolute atomic E-state index is 9.18. The highest BCUT2D eigenvalue weighted by molar-refractivity contribution is 5.21. The Hall–Kier alpha value is -1.32. The van der Waals surface area contributed by atoms with E-state index >= 15 is 0 Å². The van der Waals surface area contributed by atoms with Crippen molar-refractivity contribution in [2.75, 3.05) is 14.1 Å². The minimum atomic E-state index is -0.245. The topological polar surface area (TPSA) is 50.8 Å². The van der Waals surface area contributed by atoms with Crippen LogP contribution in [0.3, 0.4) is 0 Å². The smallest absolute Gasteiger partial charge is 0.0820 e. The lowest BCUT2D eigenvalue weighted by Crippen LogP contribution is -2.44. The van der Waals surface area contributed by atoms with Crippen LogP contribution in [0.25, 0.3) is 0 Å². The lowest BCUT2D eigenvalue weighted by Gasteiger charge is -2.39. The van der Waals surface area contributed by atoms with Crippen LogP contribution in [0.4, 0.5) is 0 Å². The Morgan fingerprint density at radius 3 is 2.20 bits per heavy atom. The molecule has 0 radical (unpaired) electrons. The van der Waals surface area contributed by atoms with Crippen molar-refractivity contribution in [3.63, 3.8) is 0 Å². The molecule has 0 aromatic rings. The Kier molecular flexibility index (Phi) is 3.17. The van der Waals surface area contributed by atoms with E-state index in [1.807, 2.05) is 38.9 Å². The molecule has 3 atom stereocenters. The maximum atomic E-state index is 9.18. The molecule has 0 aliphatic heterocycles. The van der Waals surface area contributed by atoms with Crippen LogP contribution in [0.2, 0.25) is 0 Å². The maximum Gasteiger partial charge on any atom is 0.0820 e. The van der Waals surface area contributed by atoms with E-state index in [4.69, 9.17) is 0 Å². The molecule has 0 aromatic heterocycles. The number of allylic oxidation sites excluding steroid dienone is 1. The van der Waals surface area contributed by atoms with Gasteiger partial charge in [0, 0.05) is 6.04 Å². The first-order valence-corrected chi connectivity index (χ1v) is 5.09. The third kappa shape index (κ3) is 2.03. The zero-order valence-corrected chi connectivity index (χ0v) is 9.73. The summed E-state index contributed by atoms with van der Waals surface area (Å²) in [5, 5.41) is 18.4. The van der Waals surface area contributed by atoms with E-state index in [9.17, 15) is 10.5 Å². The van der Waals surface area contributed by atoms with Gasteiger partial charge in [-0.3, -0.25) is 0 Å². The Balaban J connectivity index is 3.12. The van der Waals surface area contributed by atoms with E-state index in [-0.39, 0.29) is 23.3 Å². The van der Waals surface area contributed by atoms with Gasteiger partial charge in [-0.1, -0.05) is 26.0 Å². The summed E-state index contributed by atoms with van der Waals surface area (Å²) in [4.78, 5) is 1.99. The second kappa shape index (κ2) is 4.04. The molecular weight excluding hydrogens is 186 g/mol. The fourth-order valence-corrected chi connectivity index (χ4v) is 2.12. The summed E-state index contributed by atoms with van der Waals surface area (Å²) in [5.41, 5.74) is -0.207. The predicted molar refractivity (Wildman–Crippen MR) is 58.6 cm³/mol. The molecule has 0 heterocycles. The third-order valence-electron chi connectivity index (χ3n) is 3.14. The van der Waals surface area contributed by atoms with Gasteiger partial charge in [0.15, 0.2) is 0 Å². The zero-order valence-electron chi connectivity index (χ0n) is 9.73. The summed E-state index contributed by atoms with van der Waals surface area (Å²) in [7, 11) is 3.87. The van der Waals surface area contributed by atoms with Gasteiger partial charge < -0.3 is 4.90 Å². The molecule has 0 unspecified atom stereocenters. The summed E-state index contributed by atoms with van der Waals surface area (Å²) in [6.07, 6.45) is 4.10. The van der Waals surface area contributed by atoms with Crippen LogP contribution in [0, 0.1) is 39.9 Å². The number of nitriles is 2. The SMILES string of the molecule is CN(C)[C@@H]1C=CC(C)(C)[C@H](C#N)[C@H]1C#N. The molecule has 15 heavy (non-hydrogen) atoms. The van der Waals surface area contributed by atoms with Crippen molar-refractivity contribution in [1.29, 1.82) is 10.5 Å². The van der Waals surface area contributed by atoms with Crippen molar-refractivity contribution < 1.29 is 0 Å². The van der Waals surface area contributed by atoms with Crippen molar-refractivity contribution in [3.8, 4) is 12.1 Å². The van der Waals surface area contributed by atoms with Gasteiger partial charge in [0.05, 0.1) is 24.0 Å². The molecule has 0 spiro atoms. The van der Waals surface area contributed by atoms with E-state index in [2.05, 4.69) is 18.2 Å². The van der Waals surface area contributed by atoms with Gasteiger partial charge in [0.25, 0.3) is 0 Å². The molecule has 0 bridgehead atoms. The molecule has 0 fully saturated rings. The Labute approximate surface area is 91.6 Å². The van der Waals surface area contributed by atoms with Gasteiger partial charge in [-0.15, -0.1) is 0 Å². The highest BCUT2D eigenvalue weighted by Crippen LogP contribution is 2.40. The van der Waals surface area contributed by atoms with Crippen LogP contribution in [-0.2, 0) is 0 Å². The van der Waals surface area contributed by atoms with E-state index < -0.39 is 0 Å². The number of rotatable bonds is 1. The lowest BCUT2D eigenvalue weighted by molar-refractivity contribution is 0.178. The summed E-state index contributed by atoms with van der Waals surface area (Å²) >= 11 is 0. The number of hydrogen-bond acceptors (Lipinski definition) is 3. The third-order valence-corrected chi connectivity index (χ3v) is 3.14. The molecule has 1 aliphatic carbocycles. The van der Waals surface area contributed by atoms with E-state index in [1.165, 1.54) is 0 Å². The second-order valence-corrected chi connectivity index (χ2v) is 4.90. The molecule has 3 heteroatoms. The second-order valence-electron chi connectivity index (χ2n) is 4.90. The van der Waals surface area contributed by atoms with Crippen molar-refractivity contribution in [3.05, 3.63) is 12.2 Å². The average Bonchev–Trinajstić information content (AvgIpc) is 2.15. The normalized spacial score (nSPS) is 33.4. The van der Waals surface area contributed by atoms with Crippen LogP contribution in [0.1, 0.15) is 13.8 Å². The van der Waals surface area contributed by atoms with Gasteiger partial charge in [-0.25, -0.2) is 0 Å². The minimum absolute atomic E-state index is 0.0488. The van der Waals surface area contributed by atoms with Crippen molar-refractivity contribution in [1.82, 2.24) is 4.90 Å². The first-order valence-electron chi connectivity index (χ1n) is 5.09. The quantitative estimate of drug-likeness (QED) is 0.610. The monoisotopic (exact) mass is 203 g/mol. The zero-order chi connectivity index (χ0) is 11.6. The van der Waals surface area contributed by atoms with Crippen molar-refractivity contribution in [2.24, 2.45) is 17.3 Å². The molecule has 0 amide bonds. The number of nitrogens with zero attached hydrogens (tertiary/aromatic N) is 3. The summed E-state index contributed by atoms with van der Waals surface area (Å²) < 4.78 is 0. The van der Waals surface area contributed by atoms with Gasteiger partial charge >= 0.3 is 0 Å². The van der Waals surface area contributed by atoms with E-state index in [0.717, 1.165) is 0 Å². The number of likely N-dealkylation sites (N-methyl/N-ethyl adjacent to an activating group) is 1. The van der Waals surface area contributed by atoms with E-state index in [0.29, 0.717) is 0 Å². The van der Waals surface area contributed by atoms with Crippen molar-refractivity contribution >= 4 is 0 Å². The highest BCUT2D eigenvalue weighted by atomic mass is 15.1. The fourth-order valence-electron chi connectivity index (χ4n) is 2.12. The number of hydrogen-bond donors (Lipinski definition) is 0. The molecule has 80 valence electrons. The Morgan fingerprint density at radius 2 is 1.80 bits per heavy atom. The van der Waals surface area contributed by atoms with Crippen LogP contribution < -0.4 is 0 Å². The predicted octanol–water partition coefficient (Wildman–Crippen LogP) is 1.79. The average molecular weight is 203 g/mol.